The first-order chi connectivity index (χ1) is 7.31. The number of aromatic nitrogens is 3. The largest absolute Gasteiger partial charge is 0.330 e. The van der Waals surface area contributed by atoms with Gasteiger partial charge in [-0.3, -0.25) is 0 Å². The van der Waals surface area contributed by atoms with Gasteiger partial charge in [0.25, 0.3) is 0 Å². The minimum Gasteiger partial charge on any atom is -0.330 e. The van der Waals surface area contributed by atoms with Gasteiger partial charge >= 0.3 is 0 Å². The zero-order valence-corrected chi connectivity index (χ0v) is 9.29. The van der Waals surface area contributed by atoms with Crippen molar-refractivity contribution >= 4 is 11.3 Å². The Balaban J connectivity index is 2.34. The third-order valence-corrected chi connectivity index (χ3v) is 3.23. The molecule has 0 fully saturated rings. The molecule has 2 N–H and O–H groups in total. The number of aryl methyl sites for hydroxylation is 1. The predicted molar refractivity (Wildman–Crippen MR) is 60.6 cm³/mol. The second kappa shape index (κ2) is 4.46. The summed E-state index contributed by atoms with van der Waals surface area (Å²) < 4.78 is 0. The highest BCUT2D eigenvalue weighted by atomic mass is 32.1. The van der Waals surface area contributed by atoms with Gasteiger partial charge in [0.05, 0.1) is 5.69 Å². The molecule has 0 saturated carbocycles. The minimum atomic E-state index is 0.651. The van der Waals surface area contributed by atoms with Gasteiger partial charge in [0.1, 0.15) is 0 Å². The van der Waals surface area contributed by atoms with Gasteiger partial charge in [-0.05, 0) is 26.0 Å². The number of hydrogen-bond donors (Lipinski definition) is 1. The van der Waals surface area contributed by atoms with Gasteiger partial charge < -0.3 is 5.73 Å². The Morgan fingerprint density at radius 3 is 2.73 bits per heavy atom. The molecule has 2 heterocycles. The van der Waals surface area contributed by atoms with Crippen molar-refractivity contribution in [3.05, 3.63) is 29.0 Å². The smallest absolute Gasteiger partial charge is 0.188 e. The Morgan fingerprint density at radius 2 is 2.07 bits per heavy atom. The first-order valence-electron chi connectivity index (χ1n) is 4.75. The van der Waals surface area contributed by atoms with Crippen molar-refractivity contribution in [1.29, 1.82) is 0 Å². The highest BCUT2D eigenvalue weighted by Crippen LogP contribution is 2.24. The molecular weight excluding hydrogens is 208 g/mol. The maximum Gasteiger partial charge on any atom is 0.188 e. The summed E-state index contributed by atoms with van der Waals surface area (Å²) in [6.07, 6.45) is 4.32. The van der Waals surface area contributed by atoms with E-state index in [1.807, 2.05) is 6.92 Å². The van der Waals surface area contributed by atoms with Crippen LogP contribution in [0.4, 0.5) is 0 Å². The molecule has 2 rings (SSSR count). The monoisotopic (exact) mass is 220 g/mol. The lowest BCUT2D eigenvalue weighted by Gasteiger charge is -1.91. The fourth-order valence-corrected chi connectivity index (χ4v) is 2.32. The lowest BCUT2D eigenvalue weighted by atomic mass is 10.3. The van der Waals surface area contributed by atoms with Crippen LogP contribution < -0.4 is 5.73 Å². The van der Waals surface area contributed by atoms with Crippen LogP contribution in [0.1, 0.15) is 10.6 Å². The predicted octanol–water partition coefficient (Wildman–Crippen LogP) is 1.41. The van der Waals surface area contributed by atoms with E-state index < -0.39 is 0 Å². The summed E-state index contributed by atoms with van der Waals surface area (Å²) in [7, 11) is 0. The van der Waals surface area contributed by atoms with Crippen LogP contribution in [0.25, 0.3) is 10.8 Å². The Kier molecular flexibility index (Phi) is 3.03. The SMILES string of the molecule is Cc1nc(-c2ncccn2)sc1CCN. The zero-order valence-electron chi connectivity index (χ0n) is 8.47. The van der Waals surface area contributed by atoms with Crippen LogP contribution in [-0.4, -0.2) is 21.5 Å². The molecule has 15 heavy (non-hydrogen) atoms. The third kappa shape index (κ3) is 2.19. The van der Waals surface area contributed by atoms with Gasteiger partial charge in [-0.15, -0.1) is 11.3 Å². The van der Waals surface area contributed by atoms with Crippen molar-refractivity contribution in [2.45, 2.75) is 13.3 Å². The first kappa shape index (κ1) is 10.2. The number of rotatable bonds is 3. The minimum absolute atomic E-state index is 0.651. The van der Waals surface area contributed by atoms with Crippen LogP contribution in [0.5, 0.6) is 0 Å². The van der Waals surface area contributed by atoms with Crippen LogP contribution in [0.15, 0.2) is 18.5 Å². The molecule has 0 aliphatic heterocycles. The van der Waals surface area contributed by atoms with Gasteiger partial charge in [0.15, 0.2) is 10.8 Å². The average molecular weight is 220 g/mol. The van der Waals surface area contributed by atoms with Crippen LogP contribution in [0.3, 0.4) is 0 Å². The summed E-state index contributed by atoms with van der Waals surface area (Å²) in [4.78, 5) is 14.0. The van der Waals surface area contributed by atoms with Gasteiger partial charge in [0, 0.05) is 17.3 Å². The van der Waals surface area contributed by atoms with Crippen LogP contribution >= 0.6 is 11.3 Å². The van der Waals surface area contributed by atoms with Crippen LogP contribution in [-0.2, 0) is 6.42 Å². The molecule has 0 aliphatic rings. The molecule has 0 amide bonds. The second-order valence-electron chi connectivity index (χ2n) is 3.14. The highest BCUT2D eigenvalue weighted by Gasteiger charge is 2.09. The Morgan fingerprint density at radius 1 is 1.33 bits per heavy atom. The van der Waals surface area contributed by atoms with Crippen molar-refractivity contribution in [2.24, 2.45) is 5.73 Å². The lowest BCUT2D eigenvalue weighted by molar-refractivity contribution is 0.970. The van der Waals surface area contributed by atoms with Crippen LogP contribution in [0, 0.1) is 6.92 Å². The molecule has 4 nitrogen and oxygen atoms in total. The molecule has 0 radical (unpaired) electrons. The highest BCUT2D eigenvalue weighted by molar-refractivity contribution is 7.15. The molecule has 2 aromatic rings. The first-order valence-corrected chi connectivity index (χ1v) is 5.56. The van der Waals surface area contributed by atoms with Gasteiger partial charge in [0.2, 0.25) is 0 Å². The molecule has 0 saturated heterocycles. The molecule has 78 valence electrons. The quantitative estimate of drug-likeness (QED) is 0.849. The Bertz CT molecular complexity index is 438. The van der Waals surface area contributed by atoms with Crippen molar-refractivity contribution in [3.63, 3.8) is 0 Å². The standard InChI is InChI=1S/C10H12N4S/c1-7-8(3-4-11)15-10(14-7)9-12-5-2-6-13-9/h2,5-6H,3-4,11H2,1H3. The molecular formula is C10H12N4S. The van der Waals surface area contributed by atoms with E-state index in [2.05, 4.69) is 15.0 Å². The van der Waals surface area contributed by atoms with E-state index in [-0.39, 0.29) is 0 Å². The fraction of sp³-hybridized carbons (Fsp3) is 0.300. The van der Waals surface area contributed by atoms with Crippen molar-refractivity contribution in [1.82, 2.24) is 15.0 Å². The number of nitrogens with zero attached hydrogens (tertiary/aromatic N) is 3. The lowest BCUT2D eigenvalue weighted by Crippen LogP contribution is -2.01. The summed E-state index contributed by atoms with van der Waals surface area (Å²) in [5.41, 5.74) is 6.56. The van der Waals surface area contributed by atoms with E-state index in [4.69, 9.17) is 5.73 Å². The maximum atomic E-state index is 5.53. The molecule has 0 aliphatic carbocycles. The molecule has 0 atom stereocenters. The van der Waals surface area contributed by atoms with E-state index in [0.29, 0.717) is 12.4 Å². The van der Waals surface area contributed by atoms with Gasteiger partial charge in [-0.1, -0.05) is 0 Å². The summed E-state index contributed by atoms with van der Waals surface area (Å²) in [6.45, 7) is 2.64. The number of thiazole rings is 1. The summed E-state index contributed by atoms with van der Waals surface area (Å²) >= 11 is 1.62. The van der Waals surface area contributed by atoms with Gasteiger partial charge in [-0.25, -0.2) is 15.0 Å². The fourth-order valence-electron chi connectivity index (χ4n) is 1.30. The normalized spacial score (nSPS) is 10.5. The average Bonchev–Trinajstić information content (AvgIpc) is 2.63. The van der Waals surface area contributed by atoms with Crippen molar-refractivity contribution in [2.75, 3.05) is 6.54 Å². The van der Waals surface area contributed by atoms with Crippen molar-refractivity contribution in [3.8, 4) is 10.8 Å². The second-order valence-corrected chi connectivity index (χ2v) is 4.22. The summed E-state index contributed by atoms with van der Waals surface area (Å²) in [5.74, 6) is 0.689. The molecule has 0 aromatic carbocycles. The summed E-state index contributed by atoms with van der Waals surface area (Å²) in [5, 5.41) is 0.872. The molecule has 0 bridgehead atoms. The van der Waals surface area contributed by atoms with E-state index in [9.17, 15) is 0 Å². The third-order valence-electron chi connectivity index (χ3n) is 2.02. The van der Waals surface area contributed by atoms with E-state index >= 15 is 0 Å². The maximum absolute atomic E-state index is 5.53. The summed E-state index contributed by atoms with van der Waals surface area (Å²) in [6, 6.07) is 1.80. The topological polar surface area (TPSA) is 64.7 Å². The van der Waals surface area contributed by atoms with E-state index in [1.165, 1.54) is 4.88 Å². The number of nitrogens with two attached hydrogens (primary N) is 1. The Hall–Kier alpha value is -1.33. The number of hydrogen-bond acceptors (Lipinski definition) is 5. The molecule has 0 spiro atoms. The van der Waals surface area contributed by atoms with Gasteiger partial charge in [-0.2, -0.15) is 0 Å². The van der Waals surface area contributed by atoms with E-state index in [0.717, 1.165) is 17.1 Å². The van der Waals surface area contributed by atoms with Crippen molar-refractivity contribution < 1.29 is 0 Å². The molecule has 0 unspecified atom stereocenters. The molecule has 2 aromatic heterocycles. The van der Waals surface area contributed by atoms with Crippen LogP contribution in [0.2, 0.25) is 0 Å². The Labute approximate surface area is 92.2 Å². The van der Waals surface area contributed by atoms with E-state index in [1.54, 1.807) is 29.8 Å². The zero-order chi connectivity index (χ0) is 10.7. The molecule has 5 heteroatoms.